The average molecular weight is 423 g/mol. The van der Waals surface area contributed by atoms with Gasteiger partial charge in [0.15, 0.2) is 6.61 Å². The molecule has 0 bridgehead atoms. The van der Waals surface area contributed by atoms with Gasteiger partial charge in [0.1, 0.15) is 11.8 Å². The number of carbonyl (C=O) groups excluding carboxylic acids is 2. The second kappa shape index (κ2) is 11.5. The van der Waals surface area contributed by atoms with E-state index in [-0.39, 0.29) is 24.5 Å². The summed E-state index contributed by atoms with van der Waals surface area (Å²) in [5, 5.41) is 3.17. The zero-order valence-electron chi connectivity index (χ0n) is 18.7. The molecule has 2 amide bonds. The zero-order chi connectivity index (χ0) is 22.1. The molecule has 0 aliphatic heterocycles. The van der Waals surface area contributed by atoms with Crippen LogP contribution in [-0.4, -0.2) is 41.9 Å². The Balaban J connectivity index is 1.70. The van der Waals surface area contributed by atoms with Gasteiger partial charge in [-0.15, -0.1) is 0 Å². The van der Waals surface area contributed by atoms with Gasteiger partial charge >= 0.3 is 0 Å². The van der Waals surface area contributed by atoms with Gasteiger partial charge in [0.25, 0.3) is 5.91 Å². The van der Waals surface area contributed by atoms with E-state index in [9.17, 15) is 9.59 Å². The van der Waals surface area contributed by atoms with Gasteiger partial charge in [0.05, 0.1) is 0 Å². The fraction of sp³-hybridized carbons (Fsp3) is 0.462. The minimum atomic E-state index is -0.489. The maximum Gasteiger partial charge on any atom is 0.261 e. The molecular weight excluding hydrogens is 388 g/mol. The number of nitrogens with one attached hydrogen (secondary N) is 1. The standard InChI is InChI=1S/C26H34N2O3/c1-3-23(26(30)27-22-14-8-9-15-22)28(18-17-21-12-5-4-6-13-21)25(29)19-31-24-16-10-7-11-20(24)2/h4-7,10-13,16,22-23H,3,8-9,14-15,17-19H2,1-2H3,(H,27,30)/t23-/m1/s1. The molecule has 2 aromatic carbocycles. The van der Waals surface area contributed by atoms with E-state index in [0.717, 1.165) is 36.8 Å². The molecule has 166 valence electrons. The van der Waals surface area contributed by atoms with Gasteiger partial charge in [-0.05, 0) is 49.8 Å². The first-order valence-corrected chi connectivity index (χ1v) is 11.4. The molecule has 0 spiro atoms. The predicted molar refractivity (Wildman–Crippen MR) is 123 cm³/mol. The number of hydrogen-bond donors (Lipinski definition) is 1. The number of amides is 2. The third-order valence-electron chi connectivity index (χ3n) is 6.02. The van der Waals surface area contributed by atoms with Crippen LogP contribution in [0.15, 0.2) is 54.6 Å². The van der Waals surface area contributed by atoms with E-state index < -0.39 is 6.04 Å². The number of nitrogens with zero attached hydrogens (tertiary/aromatic N) is 1. The van der Waals surface area contributed by atoms with Gasteiger partial charge in [-0.2, -0.15) is 0 Å². The van der Waals surface area contributed by atoms with E-state index in [4.69, 9.17) is 4.74 Å². The highest BCUT2D eigenvalue weighted by Crippen LogP contribution is 2.19. The maximum absolute atomic E-state index is 13.2. The molecule has 1 aliphatic carbocycles. The van der Waals surface area contributed by atoms with E-state index in [1.54, 1.807) is 4.90 Å². The molecule has 1 N–H and O–H groups in total. The number of para-hydroxylation sites is 1. The van der Waals surface area contributed by atoms with Crippen molar-refractivity contribution in [1.82, 2.24) is 10.2 Å². The fourth-order valence-corrected chi connectivity index (χ4v) is 4.20. The van der Waals surface area contributed by atoms with Crippen LogP contribution in [0.25, 0.3) is 0 Å². The molecule has 3 rings (SSSR count). The Hall–Kier alpha value is -2.82. The van der Waals surface area contributed by atoms with Crippen LogP contribution < -0.4 is 10.1 Å². The lowest BCUT2D eigenvalue weighted by Crippen LogP contribution is -2.53. The van der Waals surface area contributed by atoms with E-state index in [2.05, 4.69) is 5.32 Å². The topological polar surface area (TPSA) is 58.6 Å². The molecule has 31 heavy (non-hydrogen) atoms. The van der Waals surface area contributed by atoms with E-state index in [1.165, 1.54) is 0 Å². The first-order chi connectivity index (χ1) is 15.1. The van der Waals surface area contributed by atoms with Crippen LogP contribution in [0.4, 0.5) is 0 Å². The quantitative estimate of drug-likeness (QED) is 0.622. The van der Waals surface area contributed by atoms with Crippen LogP contribution in [0.2, 0.25) is 0 Å². The molecule has 0 aromatic heterocycles. The molecule has 5 heteroatoms. The third-order valence-corrected chi connectivity index (χ3v) is 6.02. The van der Waals surface area contributed by atoms with E-state index >= 15 is 0 Å². The van der Waals surface area contributed by atoms with Crippen molar-refractivity contribution in [3.05, 3.63) is 65.7 Å². The molecule has 0 saturated heterocycles. The second-order valence-corrected chi connectivity index (χ2v) is 8.29. The Bertz CT molecular complexity index is 847. The van der Waals surface area contributed by atoms with Gasteiger partial charge in [0, 0.05) is 12.6 Å². The highest BCUT2D eigenvalue weighted by molar-refractivity contribution is 5.88. The van der Waals surface area contributed by atoms with Crippen LogP contribution in [0, 0.1) is 6.92 Å². The molecule has 0 unspecified atom stereocenters. The normalized spacial score (nSPS) is 14.8. The van der Waals surface area contributed by atoms with E-state index in [0.29, 0.717) is 25.1 Å². The zero-order valence-corrected chi connectivity index (χ0v) is 18.7. The second-order valence-electron chi connectivity index (χ2n) is 8.29. The van der Waals surface area contributed by atoms with Crippen molar-refractivity contribution in [2.45, 2.75) is 64.5 Å². The molecule has 0 radical (unpaired) electrons. The van der Waals surface area contributed by atoms with Gasteiger partial charge in [0.2, 0.25) is 5.91 Å². The van der Waals surface area contributed by atoms with Gasteiger partial charge < -0.3 is 15.0 Å². The lowest BCUT2D eigenvalue weighted by molar-refractivity contribution is -0.142. The lowest BCUT2D eigenvalue weighted by Gasteiger charge is -2.31. The molecular formula is C26H34N2O3. The van der Waals surface area contributed by atoms with Crippen molar-refractivity contribution in [3.63, 3.8) is 0 Å². The smallest absolute Gasteiger partial charge is 0.261 e. The number of hydrogen-bond acceptors (Lipinski definition) is 3. The van der Waals surface area contributed by atoms with Crippen LogP contribution in [0.5, 0.6) is 5.75 Å². The number of benzene rings is 2. The Labute approximate surface area is 185 Å². The van der Waals surface area contributed by atoms with Crippen LogP contribution >= 0.6 is 0 Å². The van der Waals surface area contributed by atoms with Gasteiger partial charge in [-0.1, -0.05) is 68.3 Å². The first kappa shape index (κ1) is 22.9. The summed E-state index contributed by atoms with van der Waals surface area (Å²) >= 11 is 0. The first-order valence-electron chi connectivity index (χ1n) is 11.4. The highest BCUT2D eigenvalue weighted by atomic mass is 16.5. The number of carbonyl (C=O) groups is 2. The summed E-state index contributed by atoms with van der Waals surface area (Å²) in [4.78, 5) is 28.0. The maximum atomic E-state index is 13.2. The summed E-state index contributed by atoms with van der Waals surface area (Å²) in [5.41, 5.74) is 2.13. The van der Waals surface area contributed by atoms with E-state index in [1.807, 2.05) is 68.4 Å². The Morgan fingerprint density at radius 3 is 2.42 bits per heavy atom. The summed E-state index contributed by atoms with van der Waals surface area (Å²) in [6.07, 6.45) is 5.63. The van der Waals surface area contributed by atoms with Gasteiger partial charge in [-0.25, -0.2) is 0 Å². The SMILES string of the molecule is CC[C@H](C(=O)NC1CCCC1)N(CCc1ccccc1)C(=O)COc1ccccc1C. The monoisotopic (exact) mass is 422 g/mol. The Morgan fingerprint density at radius 2 is 1.74 bits per heavy atom. The summed E-state index contributed by atoms with van der Waals surface area (Å²) in [7, 11) is 0. The molecule has 1 aliphatic rings. The Morgan fingerprint density at radius 1 is 1.06 bits per heavy atom. The predicted octanol–water partition coefficient (Wildman–Crippen LogP) is 4.28. The van der Waals surface area contributed by atoms with Crippen LogP contribution in [0.3, 0.4) is 0 Å². The number of rotatable bonds is 10. The molecule has 1 fully saturated rings. The molecule has 1 atom stereocenters. The lowest BCUT2D eigenvalue weighted by atomic mass is 10.1. The summed E-state index contributed by atoms with van der Waals surface area (Å²) in [6, 6.07) is 17.5. The third kappa shape index (κ3) is 6.58. The molecule has 0 heterocycles. The Kier molecular flexibility index (Phi) is 8.51. The summed E-state index contributed by atoms with van der Waals surface area (Å²) in [6.45, 7) is 4.32. The largest absolute Gasteiger partial charge is 0.484 e. The van der Waals surface area contributed by atoms with Crippen molar-refractivity contribution in [2.24, 2.45) is 0 Å². The highest BCUT2D eigenvalue weighted by Gasteiger charge is 2.30. The summed E-state index contributed by atoms with van der Waals surface area (Å²) < 4.78 is 5.82. The minimum absolute atomic E-state index is 0.0493. The molecule has 2 aromatic rings. The van der Waals surface area contributed by atoms with Crippen molar-refractivity contribution in [2.75, 3.05) is 13.2 Å². The summed E-state index contributed by atoms with van der Waals surface area (Å²) in [5.74, 6) is 0.488. The van der Waals surface area contributed by atoms with Crippen molar-refractivity contribution in [1.29, 1.82) is 0 Å². The van der Waals surface area contributed by atoms with Crippen molar-refractivity contribution >= 4 is 11.8 Å². The van der Waals surface area contributed by atoms with Crippen molar-refractivity contribution < 1.29 is 14.3 Å². The number of ether oxygens (including phenoxy) is 1. The fourth-order valence-electron chi connectivity index (χ4n) is 4.20. The minimum Gasteiger partial charge on any atom is -0.484 e. The molecule has 5 nitrogen and oxygen atoms in total. The van der Waals surface area contributed by atoms with Gasteiger partial charge in [-0.3, -0.25) is 9.59 Å². The van der Waals surface area contributed by atoms with Crippen LogP contribution in [-0.2, 0) is 16.0 Å². The molecule has 1 saturated carbocycles. The number of aryl methyl sites for hydroxylation is 1. The van der Waals surface area contributed by atoms with Crippen LogP contribution in [0.1, 0.15) is 50.2 Å². The average Bonchev–Trinajstić information content (AvgIpc) is 3.29. The van der Waals surface area contributed by atoms with Crippen molar-refractivity contribution in [3.8, 4) is 5.75 Å².